The highest BCUT2D eigenvalue weighted by Crippen LogP contribution is 2.43. The van der Waals surface area contributed by atoms with E-state index < -0.39 is 17.9 Å². The molecule has 0 saturated heterocycles. The first-order chi connectivity index (χ1) is 14.3. The minimum absolute atomic E-state index is 0.0258. The molecule has 0 amide bonds. The molecule has 0 bridgehead atoms. The Kier molecular flexibility index (Phi) is 5.70. The third kappa shape index (κ3) is 4.34. The molecule has 0 radical (unpaired) electrons. The average Bonchev–Trinajstić information content (AvgIpc) is 2.69. The molecular weight excluding hydrogens is 388 g/mol. The Morgan fingerprint density at radius 3 is 1.87 bits per heavy atom. The van der Waals surface area contributed by atoms with Crippen LogP contribution in [0, 0.1) is 12.8 Å². The number of carbonyl (C=O) groups is 2. The maximum atomic E-state index is 11.2. The lowest BCUT2D eigenvalue weighted by atomic mass is 9.67. The molecule has 0 unspecified atom stereocenters. The second-order valence-electron chi connectivity index (χ2n) is 9.60. The number of fused-ring (bicyclic) bond motifs is 1. The van der Waals surface area contributed by atoms with Gasteiger partial charge in [0.05, 0.1) is 0 Å². The van der Waals surface area contributed by atoms with Crippen LogP contribution in [0.4, 0.5) is 0 Å². The smallest absolute Gasteiger partial charge is 0.318 e. The van der Waals surface area contributed by atoms with Crippen molar-refractivity contribution >= 4 is 17.5 Å². The van der Waals surface area contributed by atoms with E-state index in [0.717, 1.165) is 22.3 Å². The van der Waals surface area contributed by atoms with Crippen LogP contribution in [-0.4, -0.2) is 22.2 Å². The minimum atomic E-state index is -1.45. The van der Waals surface area contributed by atoms with Gasteiger partial charge in [-0.05, 0) is 58.4 Å². The number of aryl methyl sites for hydroxylation is 1. The van der Waals surface area contributed by atoms with E-state index in [4.69, 9.17) is 10.2 Å². The van der Waals surface area contributed by atoms with Crippen molar-refractivity contribution in [3.8, 4) is 0 Å². The van der Waals surface area contributed by atoms with E-state index in [1.165, 1.54) is 11.1 Å². The molecule has 4 heteroatoms. The van der Waals surface area contributed by atoms with E-state index in [1.807, 2.05) is 12.1 Å². The molecule has 0 saturated carbocycles. The Bertz CT molecular complexity index is 1070. The summed E-state index contributed by atoms with van der Waals surface area (Å²) in [5.74, 6) is -4.11. The first kappa shape index (κ1) is 22.5. The summed E-state index contributed by atoms with van der Waals surface area (Å²) < 4.78 is 0. The van der Waals surface area contributed by atoms with Crippen molar-refractivity contribution in [1.82, 2.24) is 0 Å². The van der Waals surface area contributed by atoms with Crippen LogP contribution in [0.1, 0.15) is 61.1 Å². The van der Waals surface area contributed by atoms with E-state index in [1.54, 1.807) is 12.1 Å². The third-order valence-electron chi connectivity index (χ3n) is 6.33. The van der Waals surface area contributed by atoms with Crippen molar-refractivity contribution in [3.63, 3.8) is 0 Å². The van der Waals surface area contributed by atoms with Crippen molar-refractivity contribution in [2.75, 3.05) is 0 Å². The molecule has 4 nitrogen and oxygen atoms in total. The molecule has 0 spiro atoms. The number of aliphatic carboxylic acids is 2. The highest BCUT2D eigenvalue weighted by molar-refractivity contribution is 5.93. The van der Waals surface area contributed by atoms with Gasteiger partial charge in [0.25, 0.3) is 0 Å². The van der Waals surface area contributed by atoms with Crippen LogP contribution in [0.5, 0.6) is 0 Å². The van der Waals surface area contributed by atoms with Crippen molar-refractivity contribution in [3.05, 3.63) is 88.5 Å². The first-order valence-electron chi connectivity index (χ1n) is 10.4. The molecule has 162 valence electrons. The number of carboxylic acids is 2. The van der Waals surface area contributed by atoms with Gasteiger partial charge < -0.3 is 10.2 Å². The van der Waals surface area contributed by atoms with Gasteiger partial charge in [0.2, 0.25) is 0 Å². The lowest BCUT2D eigenvalue weighted by Gasteiger charge is -2.37. The van der Waals surface area contributed by atoms with Crippen LogP contribution in [0.2, 0.25) is 0 Å². The molecule has 0 atom stereocenters. The zero-order chi connectivity index (χ0) is 23.1. The third-order valence-corrected chi connectivity index (χ3v) is 6.33. The molecule has 0 aliphatic heterocycles. The normalized spacial score (nSPS) is 16.1. The number of hydrogen-bond acceptors (Lipinski definition) is 2. The SMILES string of the molecule is C=C(c1ccc(CC(C(=O)O)C(=O)O)cc1)c1cc2c(cc1C)C(C)(C)C=CC2(C)C. The van der Waals surface area contributed by atoms with Gasteiger partial charge in [-0.25, -0.2) is 0 Å². The highest BCUT2D eigenvalue weighted by atomic mass is 16.4. The summed E-state index contributed by atoms with van der Waals surface area (Å²) in [6, 6.07) is 11.8. The fraction of sp³-hybridized carbons (Fsp3) is 0.333. The van der Waals surface area contributed by atoms with E-state index in [9.17, 15) is 9.59 Å². The summed E-state index contributed by atoms with van der Waals surface area (Å²) in [6.45, 7) is 15.3. The van der Waals surface area contributed by atoms with E-state index >= 15 is 0 Å². The van der Waals surface area contributed by atoms with Gasteiger partial charge >= 0.3 is 11.9 Å². The molecule has 0 heterocycles. The van der Waals surface area contributed by atoms with E-state index in [-0.39, 0.29) is 17.3 Å². The molecule has 0 aromatic heterocycles. The summed E-state index contributed by atoms with van der Waals surface area (Å²) in [4.78, 5) is 22.3. The van der Waals surface area contributed by atoms with E-state index in [0.29, 0.717) is 5.56 Å². The summed E-state index contributed by atoms with van der Waals surface area (Å²) in [5.41, 5.74) is 7.26. The Hall–Kier alpha value is -3.14. The molecule has 1 aliphatic carbocycles. The van der Waals surface area contributed by atoms with Crippen LogP contribution in [-0.2, 0) is 26.8 Å². The molecular formula is C27H30O4. The lowest BCUT2D eigenvalue weighted by Crippen LogP contribution is -2.29. The second-order valence-corrected chi connectivity index (χ2v) is 9.60. The Morgan fingerprint density at radius 1 is 0.903 bits per heavy atom. The number of benzene rings is 2. The number of hydrogen-bond donors (Lipinski definition) is 2. The van der Waals surface area contributed by atoms with Gasteiger partial charge in [0, 0.05) is 10.8 Å². The van der Waals surface area contributed by atoms with Crippen LogP contribution in [0.3, 0.4) is 0 Å². The molecule has 1 aliphatic rings. The zero-order valence-electron chi connectivity index (χ0n) is 18.8. The van der Waals surface area contributed by atoms with Crippen LogP contribution in [0.15, 0.2) is 55.1 Å². The summed E-state index contributed by atoms with van der Waals surface area (Å²) in [5, 5.41) is 18.2. The standard InChI is InChI=1S/C27H30O4/c1-16-13-22-23(27(5,6)12-11-26(22,3)4)15-20(16)17(2)19-9-7-18(8-10-19)14-21(24(28)29)25(30)31/h7-13,15,21H,2,14H2,1,3-6H3,(H,28,29)(H,30,31). The topological polar surface area (TPSA) is 74.6 Å². The molecule has 31 heavy (non-hydrogen) atoms. The zero-order valence-corrected chi connectivity index (χ0v) is 18.8. The molecule has 2 aromatic rings. The van der Waals surface area contributed by atoms with Crippen molar-refractivity contribution in [1.29, 1.82) is 0 Å². The maximum Gasteiger partial charge on any atom is 0.318 e. The van der Waals surface area contributed by atoms with Crippen LogP contribution >= 0.6 is 0 Å². The van der Waals surface area contributed by atoms with Gasteiger partial charge in [-0.1, -0.05) is 76.8 Å². The minimum Gasteiger partial charge on any atom is -0.481 e. The number of allylic oxidation sites excluding steroid dienone is 2. The first-order valence-corrected chi connectivity index (χ1v) is 10.4. The molecule has 3 rings (SSSR count). The van der Waals surface area contributed by atoms with Crippen molar-refractivity contribution in [2.24, 2.45) is 5.92 Å². The van der Waals surface area contributed by atoms with Gasteiger partial charge in [-0.2, -0.15) is 0 Å². The summed E-state index contributed by atoms with van der Waals surface area (Å²) >= 11 is 0. The fourth-order valence-electron chi connectivity index (χ4n) is 4.21. The van der Waals surface area contributed by atoms with Gasteiger partial charge in [0.15, 0.2) is 5.92 Å². The maximum absolute atomic E-state index is 11.2. The van der Waals surface area contributed by atoms with Gasteiger partial charge in [-0.15, -0.1) is 0 Å². The van der Waals surface area contributed by atoms with Crippen LogP contribution in [0.25, 0.3) is 5.57 Å². The van der Waals surface area contributed by atoms with Crippen molar-refractivity contribution in [2.45, 2.75) is 51.9 Å². The van der Waals surface area contributed by atoms with Crippen molar-refractivity contribution < 1.29 is 19.8 Å². The quantitative estimate of drug-likeness (QED) is 0.479. The van der Waals surface area contributed by atoms with Gasteiger partial charge in [0.1, 0.15) is 0 Å². The molecule has 2 N–H and O–H groups in total. The fourth-order valence-corrected chi connectivity index (χ4v) is 4.21. The summed E-state index contributed by atoms with van der Waals surface area (Å²) in [6.07, 6.45) is 4.50. The lowest BCUT2D eigenvalue weighted by molar-refractivity contribution is -0.154. The Labute approximate surface area is 183 Å². The Morgan fingerprint density at radius 2 is 1.39 bits per heavy atom. The number of carboxylic acid groups (broad SMARTS) is 2. The second kappa shape index (κ2) is 7.84. The monoisotopic (exact) mass is 418 g/mol. The summed E-state index contributed by atoms with van der Waals surface area (Å²) in [7, 11) is 0. The predicted molar refractivity (Wildman–Crippen MR) is 123 cm³/mol. The highest BCUT2D eigenvalue weighted by Gasteiger charge is 2.33. The molecule has 0 fully saturated rings. The predicted octanol–water partition coefficient (Wildman–Crippen LogP) is 5.51. The molecule has 2 aromatic carbocycles. The van der Waals surface area contributed by atoms with E-state index in [2.05, 4.69) is 65.5 Å². The Balaban J connectivity index is 1.94. The average molecular weight is 419 g/mol. The van der Waals surface area contributed by atoms with Gasteiger partial charge in [-0.3, -0.25) is 9.59 Å². The van der Waals surface area contributed by atoms with Crippen LogP contribution < -0.4 is 0 Å². The number of rotatable bonds is 6. The largest absolute Gasteiger partial charge is 0.481 e.